The van der Waals surface area contributed by atoms with Crippen molar-refractivity contribution in [1.29, 1.82) is 0 Å². The van der Waals surface area contributed by atoms with Crippen LogP contribution < -0.4 is 14.8 Å². The molecule has 0 saturated heterocycles. The third-order valence-corrected chi connectivity index (χ3v) is 5.83. The van der Waals surface area contributed by atoms with Crippen LogP contribution in [0.2, 0.25) is 0 Å². The standard InChI is InChI=1S/C19H21N7O6S/c1-11-9-12(2)21-19(20-11)24-33(30,31)15-7-5-14(6-8-15)22-17(27)13(3)25-10-16(26(28)29)18(23-25)32-4/h5-10,13H,1-4H3,(H,22,27)(H,20,21,24). The summed E-state index contributed by atoms with van der Waals surface area (Å²) in [5, 5.41) is 17.6. The molecule has 3 aromatic rings. The first-order chi connectivity index (χ1) is 15.5. The maximum Gasteiger partial charge on any atom is 0.350 e. The van der Waals surface area contributed by atoms with Gasteiger partial charge < -0.3 is 10.1 Å². The summed E-state index contributed by atoms with van der Waals surface area (Å²) in [6.07, 6.45) is 1.10. The number of rotatable bonds is 8. The minimum absolute atomic E-state index is 0.0394. The third kappa shape index (κ3) is 5.41. The molecule has 0 radical (unpaired) electrons. The largest absolute Gasteiger partial charge is 0.475 e. The van der Waals surface area contributed by atoms with Crippen LogP contribution in [0.5, 0.6) is 5.88 Å². The van der Waals surface area contributed by atoms with Gasteiger partial charge in [0, 0.05) is 17.1 Å². The highest BCUT2D eigenvalue weighted by molar-refractivity contribution is 7.92. The fourth-order valence-electron chi connectivity index (χ4n) is 2.87. The van der Waals surface area contributed by atoms with Crippen LogP contribution in [-0.2, 0) is 14.8 Å². The number of hydrogen-bond acceptors (Lipinski definition) is 9. The van der Waals surface area contributed by atoms with Crippen molar-refractivity contribution in [2.45, 2.75) is 31.7 Å². The zero-order chi connectivity index (χ0) is 24.3. The van der Waals surface area contributed by atoms with Gasteiger partial charge >= 0.3 is 11.6 Å². The van der Waals surface area contributed by atoms with Crippen LogP contribution in [0.1, 0.15) is 24.4 Å². The van der Waals surface area contributed by atoms with Gasteiger partial charge in [0.25, 0.3) is 10.0 Å². The number of aromatic nitrogens is 4. The average Bonchev–Trinajstić information content (AvgIpc) is 3.17. The van der Waals surface area contributed by atoms with E-state index in [9.17, 15) is 23.3 Å². The first-order valence-electron chi connectivity index (χ1n) is 9.53. The van der Waals surface area contributed by atoms with Crippen molar-refractivity contribution in [3.63, 3.8) is 0 Å². The molecule has 0 aliphatic rings. The number of carbonyl (C=O) groups is 1. The fourth-order valence-corrected chi connectivity index (χ4v) is 3.81. The van der Waals surface area contributed by atoms with E-state index in [-0.39, 0.29) is 22.4 Å². The number of sulfonamides is 1. The minimum Gasteiger partial charge on any atom is -0.475 e. The molecule has 33 heavy (non-hydrogen) atoms. The van der Waals surface area contributed by atoms with Gasteiger partial charge in [0.15, 0.2) is 0 Å². The molecule has 0 fully saturated rings. The second-order valence-electron chi connectivity index (χ2n) is 7.03. The predicted molar refractivity (Wildman–Crippen MR) is 118 cm³/mol. The first-order valence-corrected chi connectivity index (χ1v) is 11.0. The molecule has 1 aromatic carbocycles. The maximum absolute atomic E-state index is 12.6. The topological polar surface area (TPSA) is 171 Å². The highest BCUT2D eigenvalue weighted by Crippen LogP contribution is 2.26. The molecule has 0 aliphatic carbocycles. The molecule has 3 rings (SSSR count). The molecule has 2 heterocycles. The number of methoxy groups -OCH3 is 1. The number of anilines is 2. The second kappa shape index (κ2) is 9.20. The number of ether oxygens (including phenoxy) is 1. The molecular formula is C19H21N7O6S. The number of carbonyl (C=O) groups excluding carboxylic acids is 1. The third-order valence-electron chi connectivity index (χ3n) is 4.49. The van der Waals surface area contributed by atoms with Crippen molar-refractivity contribution in [1.82, 2.24) is 19.7 Å². The lowest BCUT2D eigenvalue weighted by atomic mass is 10.2. The quantitative estimate of drug-likeness (QED) is 0.366. The lowest BCUT2D eigenvalue weighted by Crippen LogP contribution is -2.24. The summed E-state index contributed by atoms with van der Waals surface area (Å²) < 4.78 is 33.5. The van der Waals surface area contributed by atoms with Crippen molar-refractivity contribution in [3.8, 4) is 5.88 Å². The Hall–Kier alpha value is -4.07. The van der Waals surface area contributed by atoms with Crippen LogP contribution in [0.15, 0.2) is 41.4 Å². The molecule has 1 amide bonds. The van der Waals surface area contributed by atoms with Gasteiger partial charge in [-0.05, 0) is 51.1 Å². The number of aryl methyl sites for hydroxylation is 2. The van der Waals surface area contributed by atoms with Crippen molar-refractivity contribution in [2.24, 2.45) is 0 Å². The first kappa shape index (κ1) is 23.6. The van der Waals surface area contributed by atoms with Gasteiger partial charge in [0.1, 0.15) is 12.2 Å². The number of nitrogens with one attached hydrogen (secondary N) is 2. The van der Waals surface area contributed by atoms with Gasteiger partial charge in [0.05, 0.1) is 16.9 Å². The van der Waals surface area contributed by atoms with E-state index >= 15 is 0 Å². The highest BCUT2D eigenvalue weighted by Gasteiger charge is 2.25. The molecule has 0 bridgehead atoms. The minimum atomic E-state index is -3.94. The van der Waals surface area contributed by atoms with Gasteiger partial charge in [0.2, 0.25) is 11.9 Å². The lowest BCUT2D eigenvalue weighted by Gasteiger charge is -2.13. The average molecular weight is 475 g/mol. The van der Waals surface area contributed by atoms with E-state index in [0.29, 0.717) is 17.1 Å². The zero-order valence-corrected chi connectivity index (χ0v) is 19.0. The lowest BCUT2D eigenvalue weighted by molar-refractivity contribution is -0.385. The smallest absolute Gasteiger partial charge is 0.350 e. The molecule has 0 saturated carbocycles. The molecule has 2 N–H and O–H groups in total. The van der Waals surface area contributed by atoms with Crippen molar-refractivity contribution >= 4 is 33.3 Å². The fraction of sp³-hybridized carbons (Fsp3) is 0.263. The van der Waals surface area contributed by atoms with E-state index in [1.165, 1.54) is 38.3 Å². The van der Waals surface area contributed by atoms with E-state index in [2.05, 4.69) is 25.1 Å². The molecule has 14 heteroatoms. The Morgan fingerprint density at radius 3 is 2.30 bits per heavy atom. The van der Waals surface area contributed by atoms with Crippen molar-refractivity contribution in [2.75, 3.05) is 17.1 Å². The van der Waals surface area contributed by atoms with Crippen LogP contribution in [0.25, 0.3) is 0 Å². The van der Waals surface area contributed by atoms with E-state index in [4.69, 9.17) is 4.74 Å². The van der Waals surface area contributed by atoms with Crippen molar-refractivity contribution in [3.05, 3.63) is 58.0 Å². The normalized spacial score (nSPS) is 12.1. The molecule has 13 nitrogen and oxygen atoms in total. The molecule has 2 aromatic heterocycles. The van der Waals surface area contributed by atoms with E-state index in [1.807, 2.05) is 0 Å². The zero-order valence-electron chi connectivity index (χ0n) is 18.1. The highest BCUT2D eigenvalue weighted by atomic mass is 32.2. The van der Waals surface area contributed by atoms with Crippen LogP contribution in [0.3, 0.4) is 0 Å². The molecule has 1 unspecified atom stereocenters. The van der Waals surface area contributed by atoms with E-state index in [1.54, 1.807) is 19.9 Å². The SMILES string of the molecule is COc1nn(C(C)C(=O)Nc2ccc(S(=O)(=O)Nc3nc(C)cc(C)n3)cc2)cc1[N+](=O)[O-]. The number of hydrogen-bond donors (Lipinski definition) is 2. The molecule has 0 aliphatic heterocycles. The monoisotopic (exact) mass is 475 g/mol. The van der Waals surface area contributed by atoms with Crippen LogP contribution in [0.4, 0.5) is 17.3 Å². The van der Waals surface area contributed by atoms with Gasteiger partial charge in [-0.3, -0.25) is 14.9 Å². The maximum atomic E-state index is 12.6. The van der Waals surface area contributed by atoms with Gasteiger partial charge in [-0.1, -0.05) is 0 Å². The van der Waals surface area contributed by atoms with Crippen LogP contribution in [-0.4, -0.2) is 46.1 Å². The Kier molecular flexibility index (Phi) is 6.57. The van der Waals surface area contributed by atoms with E-state index < -0.39 is 26.9 Å². The Bertz CT molecular complexity index is 1280. The Morgan fingerprint density at radius 1 is 1.18 bits per heavy atom. The molecule has 174 valence electrons. The van der Waals surface area contributed by atoms with Crippen molar-refractivity contribution < 1.29 is 22.9 Å². The van der Waals surface area contributed by atoms with Crippen LogP contribution in [0, 0.1) is 24.0 Å². The van der Waals surface area contributed by atoms with Gasteiger partial charge in [-0.2, -0.15) is 0 Å². The van der Waals surface area contributed by atoms with E-state index in [0.717, 1.165) is 10.9 Å². The number of amides is 1. The van der Waals surface area contributed by atoms with Crippen LogP contribution >= 0.6 is 0 Å². The number of nitrogens with zero attached hydrogens (tertiary/aromatic N) is 5. The summed E-state index contributed by atoms with van der Waals surface area (Å²) >= 11 is 0. The Balaban J connectivity index is 1.72. The Labute approximate surface area is 189 Å². The summed E-state index contributed by atoms with van der Waals surface area (Å²) in [5.41, 5.74) is 1.19. The van der Waals surface area contributed by atoms with Gasteiger partial charge in [-0.15, -0.1) is 5.10 Å². The summed E-state index contributed by atoms with van der Waals surface area (Å²) in [5.74, 6) is -0.774. The van der Waals surface area contributed by atoms with Gasteiger partial charge in [-0.25, -0.2) is 27.8 Å². The number of nitro groups is 1. The summed E-state index contributed by atoms with van der Waals surface area (Å²) in [7, 11) is -2.71. The number of benzene rings is 1. The molecule has 0 spiro atoms. The summed E-state index contributed by atoms with van der Waals surface area (Å²) in [6, 6.07) is 6.26. The second-order valence-corrected chi connectivity index (χ2v) is 8.71. The molecule has 1 atom stereocenters. The predicted octanol–water partition coefficient (Wildman–Crippen LogP) is 2.21. The molecular weight excluding hydrogens is 454 g/mol. The summed E-state index contributed by atoms with van der Waals surface area (Å²) in [4.78, 5) is 31.0. The Morgan fingerprint density at radius 2 is 1.79 bits per heavy atom. The summed E-state index contributed by atoms with van der Waals surface area (Å²) in [6.45, 7) is 4.95.